The monoisotopic (exact) mass is 573 g/mol. The maximum Gasteiger partial charge on any atom is 0.271 e. The van der Waals surface area contributed by atoms with Crippen molar-refractivity contribution < 1.29 is 19.4 Å². The van der Waals surface area contributed by atoms with Gasteiger partial charge in [0.05, 0.1) is 15.2 Å². The Kier molecular flexibility index (Phi) is 8.24. The van der Waals surface area contributed by atoms with E-state index in [1.54, 1.807) is 24.3 Å². The van der Waals surface area contributed by atoms with Crippen molar-refractivity contribution in [3.05, 3.63) is 85.8 Å². The molecule has 0 aliphatic heterocycles. The van der Waals surface area contributed by atoms with E-state index in [1.807, 2.05) is 32.0 Å². The third-order valence-electron chi connectivity index (χ3n) is 4.68. The number of anilines is 1. The Hall–Kier alpha value is -3.17. The summed E-state index contributed by atoms with van der Waals surface area (Å²) in [6.07, 6.45) is 1.46. The quantitative estimate of drug-likeness (QED) is 0.263. The van der Waals surface area contributed by atoms with E-state index in [0.717, 1.165) is 16.8 Å². The molecule has 170 valence electrons. The average Bonchev–Trinajstić information content (AvgIpc) is 2.78. The van der Waals surface area contributed by atoms with Crippen LogP contribution in [0.5, 0.6) is 11.5 Å². The highest BCUT2D eigenvalue weighted by molar-refractivity contribution is 9.11. The summed E-state index contributed by atoms with van der Waals surface area (Å²) < 4.78 is 6.35. The van der Waals surface area contributed by atoms with Gasteiger partial charge >= 0.3 is 0 Å². The van der Waals surface area contributed by atoms with Crippen LogP contribution in [-0.4, -0.2) is 29.7 Å². The minimum absolute atomic E-state index is 0.00882. The number of phenolic OH excluding ortho intramolecular Hbond substituents is 1. The summed E-state index contributed by atoms with van der Waals surface area (Å²) in [5.41, 5.74) is 6.39. The second-order valence-corrected chi connectivity index (χ2v) is 8.90. The van der Waals surface area contributed by atoms with Crippen molar-refractivity contribution in [2.24, 2.45) is 5.10 Å². The van der Waals surface area contributed by atoms with E-state index in [9.17, 15) is 14.7 Å². The number of nitrogens with one attached hydrogen (secondary N) is 2. The molecule has 3 aromatic rings. The van der Waals surface area contributed by atoms with Gasteiger partial charge in [-0.1, -0.05) is 18.2 Å². The van der Waals surface area contributed by atoms with E-state index >= 15 is 0 Å². The van der Waals surface area contributed by atoms with Gasteiger partial charge in [-0.05, 0) is 98.8 Å². The molecular formula is C24H21Br2N3O4. The number of carbonyl (C=O) groups excluding carboxylic acids is 2. The highest BCUT2D eigenvalue weighted by Gasteiger charge is 2.11. The van der Waals surface area contributed by atoms with E-state index < -0.39 is 5.91 Å². The zero-order valence-electron chi connectivity index (χ0n) is 17.9. The number of benzene rings is 3. The normalized spacial score (nSPS) is 10.8. The van der Waals surface area contributed by atoms with Gasteiger partial charge in [0.2, 0.25) is 0 Å². The van der Waals surface area contributed by atoms with Gasteiger partial charge in [0.1, 0.15) is 11.5 Å². The van der Waals surface area contributed by atoms with Crippen LogP contribution < -0.4 is 15.5 Å². The van der Waals surface area contributed by atoms with Gasteiger partial charge < -0.3 is 15.2 Å². The third-order valence-corrected chi connectivity index (χ3v) is 5.89. The summed E-state index contributed by atoms with van der Waals surface area (Å²) >= 11 is 6.37. The number of phenols is 1. The number of hydrogen-bond acceptors (Lipinski definition) is 5. The van der Waals surface area contributed by atoms with Crippen molar-refractivity contribution in [2.75, 3.05) is 11.9 Å². The van der Waals surface area contributed by atoms with Crippen molar-refractivity contribution in [1.29, 1.82) is 0 Å². The lowest BCUT2D eigenvalue weighted by Crippen LogP contribution is -2.20. The number of carbonyl (C=O) groups is 2. The van der Waals surface area contributed by atoms with E-state index in [0.29, 0.717) is 25.8 Å². The largest absolute Gasteiger partial charge is 0.506 e. The molecule has 9 heteroatoms. The molecule has 0 heterocycles. The highest BCUT2D eigenvalue weighted by Crippen LogP contribution is 2.33. The Morgan fingerprint density at radius 1 is 1.03 bits per heavy atom. The molecule has 7 nitrogen and oxygen atoms in total. The lowest BCUT2D eigenvalue weighted by atomic mass is 10.1. The number of aryl methyl sites for hydroxylation is 2. The third kappa shape index (κ3) is 6.90. The molecule has 0 saturated carbocycles. The van der Waals surface area contributed by atoms with Crippen molar-refractivity contribution in [3.63, 3.8) is 0 Å². The Morgan fingerprint density at radius 2 is 1.76 bits per heavy atom. The van der Waals surface area contributed by atoms with E-state index in [-0.39, 0.29) is 18.3 Å². The zero-order valence-corrected chi connectivity index (χ0v) is 21.0. The van der Waals surface area contributed by atoms with Crippen molar-refractivity contribution >= 4 is 55.6 Å². The fourth-order valence-electron chi connectivity index (χ4n) is 2.78. The predicted octanol–water partition coefficient (Wildman–Crippen LogP) is 5.32. The molecule has 0 unspecified atom stereocenters. The van der Waals surface area contributed by atoms with E-state index in [2.05, 4.69) is 47.7 Å². The fourth-order valence-corrected chi connectivity index (χ4v) is 3.96. The average molecular weight is 575 g/mol. The van der Waals surface area contributed by atoms with E-state index in [4.69, 9.17) is 4.74 Å². The molecule has 0 fully saturated rings. The molecule has 33 heavy (non-hydrogen) atoms. The van der Waals surface area contributed by atoms with E-state index in [1.165, 1.54) is 18.3 Å². The number of ether oxygens (including phenoxy) is 1. The maximum atomic E-state index is 12.3. The number of amides is 2. The second-order valence-electron chi connectivity index (χ2n) is 7.20. The minimum atomic E-state index is -0.442. The first-order valence-electron chi connectivity index (χ1n) is 9.84. The molecule has 2 amide bonds. The Morgan fingerprint density at radius 3 is 2.45 bits per heavy atom. The number of aromatic hydroxyl groups is 1. The summed E-state index contributed by atoms with van der Waals surface area (Å²) in [6.45, 7) is 3.85. The zero-order chi connectivity index (χ0) is 24.0. The van der Waals surface area contributed by atoms with Gasteiger partial charge in [0, 0.05) is 11.3 Å². The van der Waals surface area contributed by atoms with Crippen LogP contribution in [0.1, 0.15) is 27.0 Å². The molecule has 0 aliphatic carbocycles. The number of nitrogens with zero attached hydrogens (tertiary/aromatic N) is 1. The minimum Gasteiger partial charge on any atom is -0.506 e. The molecule has 0 bridgehead atoms. The Bertz CT molecular complexity index is 1210. The Balaban J connectivity index is 1.54. The number of halogens is 2. The van der Waals surface area contributed by atoms with Crippen LogP contribution in [0, 0.1) is 13.8 Å². The van der Waals surface area contributed by atoms with Crippen LogP contribution in [0.3, 0.4) is 0 Å². The molecule has 3 rings (SSSR count). The van der Waals surface area contributed by atoms with Crippen LogP contribution in [0.4, 0.5) is 5.69 Å². The summed E-state index contributed by atoms with van der Waals surface area (Å²) in [4.78, 5) is 24.5. The molecule has 3 N–H and O–H groups in total. The van der Waals surface area contributed by atoms with Gasteiger partial charge in [-0.3, -0.25) is 9.59 Å². The summed E-state index contributed by atoms with van der Waals surface area (Å²) in [6, 6.07) is 15.7. The lowest BCUT2D eigenvalue weighted by Gasteiger charge is -2.09. The molecular weight excluding hydrogens is 554 g/mol. The van der Waals surface area contributed by atoms with Crippen LogP contribution in [-0.2, 0) is 4.79 Å². The first-order chi connectivity index (χ1) is 15.7. The smallest absolute Gasteiger partial charge is 0.271 e. The van der Waals surface area contributed by atoms with Crippen LogP contribution in [0.15, 0.2) is 68.6 Å². The maximum absolute atomic E-state index is 12.3. The summed E-state index contributed by atoms with van der Waals surface area (Å²) in [5, 5.41) is 16.5. The van der Waals surface area contributed by atoms with Gasteiger partial charge in [0.15, 0.2) is 6.61 Å². The SMILES string of the molecule is Cc1ccc(NC(=O)COc2cccc(/C=N\NC(=O)c3cc(Br)c(O)c(Br)c3)c2)cc1C. The predicted molar refractivity (Wildman–Crippen MR) is 135 cm³/mol. The van der Waals surface area contributed by atoms with Crippen molar-refractivity contribution in [1.82, 2.24) is 5.43 Å². The molecule has 3 aromatic carbocycles. The molecule has 0 aliphatic rings. The van der Waals surface area contributed by atoms with Crippen molar-refractivity contribution in [3.8, 4) is 11.5 Å². The standard InChI is InChI=1S/C24H21Br2N3O4/c1-14-6-7-18(8-15(14)2)28-22(30)13-33-19-5-3-4-16(9-19)12-27-29-24(32)17-10-20(25)23(31)21(26)11-17/h3-12,31H,13H2,1-2H3,(H,28,30)(H,29,32)/b27-12-. The van der Waals surface area contributed by atoms with Gasteiger partial charge in [0.25, 0.3) is 11.8 Å². The van der Waals surface area contributed by atoms with Crippen LogP contribution in [0.25, 0.3) is 0 Å². The lowest BCUT2D eigenvalue weighted by molar-refractivity contribution is -0.118. The molecule has 0 radical (unpaired) electrons. The molecule has 0 spiro atoms. The first kappa shape index (κ1) is 24.5. The van der Waals surface area contributed by atoms with Gasteiger partial charge in [-0.25, -0.2) is 5.43 Å². The fraction of sp³-hybridized carbons (Fsp3) is 0.125. The van der Waals surface area contributed by atoms with Gasteiger partial charge in [-0.15, -0.1) is 0 Å². The topological polar surface area (TPSA) is 100 Å². The van der Waals surface area contributed by atoms with Crippen LogP contribution in [0.2, 0.25) is 0 Å². The molecule has 0 aromatic heterocycles. The number of rotatable bonds is 7. The van der Waals surface area contributed by atoms with Crippen LogP contribution >= 0.6 is 31.9 Å². The number of hydrogen-bond donors (Lipinski definition) is 3. The van der Waals surface area contributed by atoms with Gasteiger partial charge in [-0.2, -0.15) is 5.10 Å². The number of hydrazone groups is 1. The molecule has 0 saturated heterocycles. The summed E-state index contributed by atoms with van der Waals surface area (Å²) in [7, 11) is 0. The summed E-state index contributed by atoms with van der Waals surface area (Å²) in [5.74, 6) is -0.208. The highest BCUT2D eigenvalue weighted by atomic mass is 79.9. The first-order valence-corrected chi connectivity index (χ1v) is 11.4. The second kappa shape index (κ2) is 11.1. The van der Waals surface area contributed by atoms with Crippen molar-refractivity contribution in [2.45, 2.75) is 13.8 Å². The molecule has 0 atom stereocenters. The Labute approximate surface area is 208 Å².